The fourth-order valence-electron chi connectivity index (χ4n) is 2.60. The maximum atomic E-state index is 12.8. The zero-order valence-corrected chi connectivity index (χ0v) is 11.8. The maximum Gasteiger partial charge on any atom is 0.123 e. The fourth-order valence-corrected chi connectivity index (χ4v) is 2.60. The first-order chi connectivity index (χ1) is 9.00. The third-order valence-corrected chi connectivity index (χ3v) is 4.14. The minimum Gasteiger partial charge on any atom is -0.396 e. The van der Waals surface area contributed by atoms with Crippen LogP contribution in [0.5, 0.6) is 0 Å². The normalized spacial score (nSPS) is 23.2. The minimum absolute atomic E-state index is 0.149. The summed E-state index contributed by atoms with van der Waals surface area (Å²) >= 11 is 0. The van der Waals surface area contributed by atoms with Gasteiger partial charge in [-0.15, -0.1) is 0 Å². The summed E-state index contributed by atoms with van der Waals surface area (Å²) in [5.41, 5.74) is 1.39. The van der Waals surface area contributed by atoms with Gasteiger partial charge in [-0.3, -0.25) is 0 Å². The molecule has 106 valence electrons. The van der Waals surface area contributed by atoms with Gasteiger partial charge in [-0.2, -0.15) is 0 Å². The van der Waals surface area contributed by atoms with Gasteiger partial charge in [0.05, 0.1) is 0 Å². The monoisotopic (exact) mass is 265 g/mol. The molecule has 2 N–H and O–H groups in total. The molecule has 1 saturated carbocycles. The van der Waals surface area contributed by atoms with Gasteiger partial charge in [0.15, 0.2) is 0 Å². The Hall–Kier alpha value is -0.930. The summed E-state index contributed by atoms with van der Waals surface area (Å²) in [5, 5.41) is 12.6. The van der Waals surface area contributed by atoms with Crippen LogP contribution < -0.4 is 5.32 Å². The molecule has 0 radical (unpaired) electrons. The van der Waals surface area contributed by atoms with Gasteiger partial charge < -0.3 is 10.4 Å². The topological polar surface area (TPSA) is 32.3 Å². The molecule has 0 heterocycles. The molecule has 2 rings (SSSR count). The van der Waals surface area contributed by atoms with Crippen molar-refractivity contribution in [2.75, 3.05) is 13.2 Å². The molecule has 0 aromatic heterocycles. The van der Waals surface area contributed by atoms with Gasteiger partial charge in [0.1, 0.15) is 5.82 Å². The van der Waals surface area contributed by atoms with E-state index in [1.807, 2.05) is 12.1 Å². The van der Waals surface area contributed by atoms with E-state index in [1.54, 1.807) is 12.1 Å². The number of rotatable bonds is 6. The number of benzene rings is 1. The van der Waals surface area contributed by atoms with Gasteiger partial charge in [0, 0.05) is 19.2 Å². The van der Waals surface area contributed by atoms with E-state index in [-0.39, 0.29) is 17.8 Å². The van der Waals surface area contributed by atoms with Crippen molar-refractivity contribution >= 4 is 0 Å². The van der Waals surface area contributed by atoms with E-state index >= 15 is 0 Å². The molecule has 19 heavy (non-hydrogen) atoms. The summed E-state index contributed by atoms with van der Waals surface area (Å²) in [7, 11) is 0. The average molecular weight is 265 g/mol. The number of hydrogen-bond acceptors (Lipinski definition) is 2. The lowest BCUT2D eigenvalue weighted by Crippen LogP contribution is -2.44. The van der Waals surface area contributed by atoms with Gasteiger partial charge in [-0.25, -0.2) is 4.39 Å². The number of aliphatic hydroxyl groups excluding tert-OH is 1. The molecule has 0 saturated heterocycles. The predicted octanol–water partition coefficient (Wildman–Crippen LogP) is 3.07. The largest absolute Gasteiger partial charge is 0.396 e. The molecule has 0 aliphatic heterocycles. The van der Waals surface area contributed by atoms with Crippen molar-refractivity contribution < 1.29 is 9.50 Å². The predicted molar refractivity (Wildman–Crippen MR) is 75.6 cm³/mol. The van der Waals surface area contributed by atoms with Gasteiger partial charge in [-0.05, 0) is 48.3 Å². The van der Waals surface area contributed by atoms with E-state index in [0.29, 0.717) is 12.0 Å². The van der Waals surface area contributed by atoms with Crippen molar-refractivity contribution in [3.05, 3.63) is 35.6 Å². The number of nitrogens with one attached hydrogen (secondary N) is 1. The second kappa shape index (κ2) is 6.02. The molecule has 1 aliphatic carbocycles. The maximum absolute atomic E-state index is 12.8. The van der Waals surface area contributed by atoms with E-state index in [1.165, 1.54) is 5.56 Å². The molecule has 3 heteroatoms. The summed E-state index contributed by atoms with van der Waals surface area (Å²) in [6, 6.07) is 7.44. The zero-order chi connectivity index (χ0) is 13.9. The van der Waals surface area contributed by atoms with Crippen LogP contribution in [0.4, 0.5) is 4.39 Å². The Morgan fingerprint density at radius 2 is 1.89 bits per heavy atom. The Morgan fingerprint density at radius 3 is 2.47 bits per heavy atom. The lowest BCUT2D eigenvalue weighted by atomic mass is 9.75. The Labute approximate surface area is 115 Å². The summed E-state index contributed by atoms with van der Waals surface area (Å²) in [6.07, 6.45) is 3.08. The highest BCUT2D eigenvalue weighted by atomic mass is 19.1. The van der Waals surface area contributed by atoms with Crippen molar-refractivity contribution in [2.45, 2.75) is 45.1 Å². The van der Waals surface area contributed by atoms with Crippen molar-refractivity contribution in [3.8, 4) is 0 Å². The summed E-state index contributed by atoms with van der Waals surface area (Å²) in [5.74, 6) is 0.405. The van der Waals surface area contributed by atoms with Crippen molar-refractivity contribution in [1.29, 1.82) is 0 Å². The molecular formula is C16H24FNO. The van der Waals surface area contributed by atoms with Gasteiger partial charge in [-0.1, -0.05) is 26.0 Å². The summed E-state index contributed by atoms with van der Waals surface area (Å²) in [4.78, 5) is 0. The average Bonchev–Trinajstić information content (AvgIpc) is 2.29. The first-order valence-corrected chi connectivity index (χ1v) is 7.10. The van der Waals surface area contributed by atoms with E-state index in [4.69, 9.17) is 5.11 Å². The van der Waals surface area contributed by atoms with Crippen LogP contribution in [-0.4, -0.2) is 24.3 Å². The van der Waals surface area contributed by atoms with Gasteiger partial charge in [0.25, 0.3) is 0 Å². The summed E-state index contributed by atoms with van der Waals surface area (Å²) in [6.45, 7) is 5.53. The molecule has 0 bridgehead atoms. The van der Waals surface area contributed by atoms with Crippen LogP contribution in [0.1, 0.15) is 44.6 Å². The van der Waals surface area contributed by atoms with Crippen LogP contribution in [0.15, 0.2) is 24.3 Å². The van der Waals surface area contributed by atoms with E-state index in [2.05, 4.69) is 19.2 Å². The van der Waals surface area contributed by atoms with Crippen LogP contribution in [0.25, 0.3) is 0 Å². The van der Waals surface area contributed by atoms with Crippen molar-refractivity contribution in [2.24, 2.45) is 5.41 Å². The standard InChI is InChI=1S/C16H24FNO/c1-16(2,7-8-19)11-18-15-9-13(10-15)12-3-5-14(17)6-4-12/h3-6,13,15,18-19H,7-11H2,1-2H3. The molecule has 2 nitrogen and oxygen atoms in total. The molecule has 0 spiro atoms. The molecule has 0 unspecified atom stereocenters. The first kappa shape index (κ1) is 14.5. The fraction of sp³-hybridized carbons (Fsp3) is 0.625. The lowest BCUT2D eigenvalue weighted by Gasteiger charge is -2.38. The first-order valence-electron chi connectivity index (χ1n) is 7.10. The van der Waals surface area contributed by atoms with Crippen LogP contribution in [0.3, 0.4) is 0 Å². The van der Waals surface area contributed by atoms with E-state index in [0.717, 1.165) is 25.8 Å². The Balaban J connectivity index is 1.73. The second-order valence-corrected chi connectivity index (χ2v) is 6.44. The SMILES string of the molecule is CC(C)(CCO)CNC1CC(c2ccc(F)cc2)C1. The smallest absolute Gasteiger partial charge is 0.123 e. The van der Waals surface area contributed by atoms with Crippen LogP contribution >= 0.6 is 0 Å². The quantitative estimate of drug-likeness (QED) is 0.828. The van der Waals surface area contributed by atoms with Crippen molar-refractivity contribution in [3.63, 3.8) is 0 Å². The highest BCUT2D eigenvalue weighted by Gasteiger charge is 2.31. The molecule has 0 atom stereocenters. The summed E-state index contributed by atoms with van der Waals surface area (Å²) < 4.78 is 12.8. The van der Waals surface area contributed by atoms with Gasteiger partial charge >= 0.3 is 0 Å². The Bertz CT molecular complexity index is 396. The molecular weight excluding hydrogens is 241 g/mol. The number of aliphatic hydroxyl groups is 1. The third-order valence-electron chi connectivity index (χ3n) is 4.14. The molecule has 1 fully saturated rings. The van der Waals surface area contributed by atoms with Crippen LogP contribution in [0.2, 0.25) is 0 Å². The molecule has 0 amide bonds. The highest BCUT2D eigenvalue weighted by molar-refractivity contribution is 5.23. The zero-order valence-electron chi connectivity index (χ0n) is 11.8. The van der Waals surface area contributed by atoms with E-state index < -0.39 is 0 Å². The minimum atomic E-state index is -0.163. The molecule has 1 aromatic rings. The molecule has 1 aromatic carbocycles. The lowest BCUT2D eigenvalue weighted by molar-refractivity contribution is 0.187. The number of halogens is 1. The van der Waals surface area contributed by atoms with Crippen LogP contribution in [0, 0.1) is 11.2 Å². The molecule has 1 aliphatic rings. The highest BCUT2D eigenvalue weighted by Crippen LogP contribution is 2.37. The van der Waals surface area contributed by atoms with E-state index in [9.17, 15) is 4.39 Å². The van der Waals surface area contributed by atoms with Crippen molar-refractivity contribution in [1.82, 2.24) is 5.32 Å². The van der Waals surface area contributed by atoms with Crippen LogP contribution in [-0.2, 0) is 0 Å². The third kappa shape index (κ3) is 4.02. The Kier molecular flexibility index (Phi) is 4.58. The Morgan fingerprint density at radius 1 is 1.26 bits per heavy atom. The van der Waals surface area contributed by atoms with Gasteiger partial charge in [0.2, 0.25) is 0 Å². The number of hydrogen-bond donors (Lipinski definition) is 2. The second-order valence-electron chi connectivity index (χ2n) is 6.44.